The van der Waals surface area contributed by atoms with Gasteiger partial charge in [-0.25, -0.2) is 0 Å². The predicted molar refractivity (Wildman–Crippen MR) is 70.0 cm³/mol. The lowest BCUT2D eigenvalue weighted by molar-refractivity contribution is 0.273. The average Bonchev–Trinajstić information content (AvgIpc) is 2.83. The Bertz CT molecular complexity index is 369. The summed E-state index contributed by atoms with van der Waals surface area (Å²) in [5.74, 6) is 0.708. The van der Waals surface area contributed by atoms with Crippen LogP contribution < -0.4 is 5.32 Å². The quantitative estimate of drug-likeness (QED) is 0.852. The summed E-state index contributed by atoms with van der Waals surface area (Å²) in [5, 5.41) is 7.89. The van der Waals surface area contributed by atoms with Crippen LogP contribution in [-0.4, -0.2) is 41.9 Å². The molecule has 4 heteroatoms. The van der Waals surface area contributed by atoms with Crippen molar-refractivity contribution in [2.24, 2.45) is 13.0 Å². The Morgan fingerprint density at radius 2 is 2.24 bits per heavy atom. The van der Waals surface area contributed by atoms with E-state index in [4.69, 9.17) is 0 Å². The van der Waals surface area contributed by atoms with Gasteiger partial charge in [-0.15, -0.1) is 0 Å². The maximum absolute atomic E-state index is 4.57. The number of aryl methyl sites for hydroxylation is 2. The molecule has 0 bridgehead atoms. The Labute approximate surface area is 104 Å². The van der Waals surface area contributed by atoms with E-state index in [1.165, 1.54) is 24.2 Å². The maximum Gasteiger partial charge on any atom is 0.0669 e. The van der Waals surface area contributed by atoms with Crippen LogP contribution in [0.1, 0.15) is 30.6 Å². The van der Waals surface area contributed by atoms with E-state index in [1.54, 1.807) is 0 Å². The van der Waals surface area contributed by atoms with Crippen LogP contribution in [0.15, 0.2) is 6.20 Å². The second-order valence-electron chi connectivity index (χ2n) is 5.09. The van der Waals surface area contributed by atoms with Crippen molar-refractivity contribution in [3.05, 3.63) is 17.5 Å². The molecule has 0 aliphatic carbocycles. The van der Waals surface area contributed by atoms with Crippen LogP contribution >= 0.6 is 0 Å². The minimum absolute atomic E-state index is 0.533. The molecule has 17 heavy (non-hydrogen) atoms. The molecule has 1 saturated heterocycles. The van der Waals surface area contributed by atoms with Crippen LogP contribution in [0.4, 0.5) is 0 Å². The molecule has 0 amide bonds. The second kappa shape index (κ2) is 5.19. The number of likely N-dealkylation sites (tertiary alicyclic amines) is 1. The van der Waals surface area contributed by atoms with Crippen molar-refractivity contribution in [3.63, 3.8) is 0 Å². The predicted octanol–water partition coefficient (Wildman–Crippen LogP) is 1.19. The fourth-order valence-electron chi connectivity index (χ4n) is 3.07. The van der Waals surface area contributed by atoms with E-state index in [-0.39, 0.29) is 0 Å². The monoisotopic (exact) mass is 236 g/mol. The van der Waals surface area contributed by atoms with E-state index in [1.807, 2.05) is 18.8 Å². The number of nitrogens with one attached hydrogen (secondary N) is 1. The molecule has 1 aliphatic rings. The number of aromatic nitrogens is 2. The minimum Gasteiger partial charge on any atom is -0.319 e. The van der Waals surface area contributed by atoms with Crippen molar-refractivity contribution in [1.82, 2.24) is 20.0 Å². The van der Waals surface area contributed by atoms with Gasteiger partial charge in [0.25, 0.3) is 0 Å². The molecule has 1 fully saturated rings. The highest BCUT2D eigenvalue weighted by molar-refractivity contribution is 5.23. The fourth-order valence-corrected chi connectivity index (χ4v) is 3.07. The van der Waals surface area contributed by atoms with Crippen LogP contribution in [0.25, 0.3) is 0 Å². The van der Waals surface area contributed by atoms with E-state index in [9.17, 15) is 0 Å². The molecule has 0 radical (unpaired) electrons. The van der Waals surface area contributed by atoms with Gasteiger partial charge in [0.1, 0.15) is 0 Å². The van der Waals surface area contributed by atoms with Gasteiger partial charge in [-0.05, 0) is 45.9 Å². The molecule has 0 spiro atoms. The van der Waals surface area contributed by atoms with Gasteiger partial charge in [-0.2, -0.15) is 5.10 Å². The topological polar surface area (TPSA) is 33.1 Å². The molecule has 2 atom stereocenters. The lowest BCUT2D eigenvalue weighted by Gasteiger charge is -2.25. The first kappa shape index (κ1) is 12.6. The highest BCUT2D eigenvalue weighted by Gasteiger charge is 2.34. The summed E-state index contributed by atoms with van der Waals surface area (Å²) in [5.41, 5.74) is 2.68. The summed E-state index contributed by atoms with van der Waals surface area (Å²) in [4.78, 5) is 2.47. The van der Waals surface area contributed by atoms with Crippen LogP contribution in [0, 0.1) is 5.92 Å². The standard InChI is InChI=1S/C13H24N4/c1-5-12-11(9-17(4)15-12)13-10(8-14-2)6-7-16(13)3/h9-10,13-14H,5-8H2,1-4H3. The Balaban J connectivity index is 2.28. The van der Waals surface area contributed by atoms with Crippen molar-refractivity contribution in [2.45, 2.75) is 25.8 Å². The number of nitrogens with zero attached hydrogens (tertiary/aromatic N) is 3. The van der Waals surface area contributed by atoms with Gasteiger partial charge in [0.2, 0.25) is 0 Å². The molecule has 4 nitrogen and oxygen atoms in total. The fraction of sp³-hybridized carbons (Fsp3) is 0.769. The lowest BCUT2D eigenvalue weighted by atomic mass is 9.93. The highest BCUT2D eigenvalue weighted by atomic mass is 15.3. The molecule has 1 aliphatic heterocycles. The van der Waals surface area contributed by atoms with E-state index in [2.05, 4.69) is 35.5 Å². The van der Waals surface area contributed by atoms with Gasteiger partial charge in [-0.3, -0.25) is 9.58 Å². The van der Waals surface area contributed by atoms with Gasteiger partial charge in [0, 0.05) is 24.8 Å². The highest BCUT2D eigenvalue weighted by Crippen LogP contribution is 2.37. The van der Waals surface area contributed by atoms with E-state index in [0.717, 1.165) is 13.0 Å². The Morgan fingerprint density at radius 3 is 2.88 bits per heavy atom. The zero-order chi connectivity index (χ0) is 12.4. The van der Waals surface area contributed by atoms with Crippen LogP contribution in [-0.2, 0) is 13.5 Å². The first-order chi connectivity index (χ1) is 8.17. The Kier molecular flexibility index (Phi) is 3.84. The van der Waals surface area contributed by atoms with Crippen LogP contribution in [0.2, 0.25) is 0 Å². The smallest absolute Gasteiger partial charge is 0.0669 e. The normalized spacial score (nSPS) is 25.6. The number of hydrogen-bond acceptors (Lipinski definition) is 3. The summed E-state index contributed by atoms with van der Waals surface area (Å²) in [6, 6.07) is 0.533. The number of rotatable bonds is 4. The summed E-state index contributed by atoms with van der Waals surface area (Å²) < 4.78 is 1.96. The van der Waals surface area contributed by atoms with Gasteiger partial charge < -0.3 is 5.32 Å². The largest absolute Gasteiger partial charge is 0.319 e. The van der Waals surface area contributed by atoms with Gasteiger partial charge >= 0.3 is 0 Å². The first-order valence-electron chi connectivity index (χ1n) is 6.54. The van der Waals surface area contributed by atoms with E-state index >= 15 is 0 Å². The molecule has 1 aromatic heterocycles. The van der Waals surface area contributed by atoms with Crippen molar-refractivity contribution in [2.75, 3.05) is 27.2 Å². The maximum atomic E-state index is 4.57. The SMILES string of the molecule is CCc1nn(C)cc1C1C(CNC)CCN1C. The molecule has 2 heterocycles. The van der Waals surface area contributed by atoms with E-state index in [0.29, 0.717) is 12.0 Å². The van der Waals surface area contributed by atoms with Crippen molar-refractivity contribution < 1.29 is 0 Å². The molecule has 2 unspecified atom stereocenters. The summed E-state index contributed by atoms with van der Waals surface area (Å²) in [6.45, 7) is 4.47. The molecule has 0 aromatic carbocycles. The van der Waals surface area contributed by atoms with Crippen LogP contribution in [0.5, 0.6) is 0 Å². The van der Waals surface area contributed by atoms with Crippen molar-refractivity contribution in [3.8, 4) is 0 Å². The average molecular weight is 236 g/mol. The van der Waals surface area contributed by atoms with Crippen LogP contribution in [0.3, 0.4) is 0 Å². The summed E-state index contributed by atoms with van der Waals surface area (Å²) in [7, 11) is 6.29. The molecule has 96 valence electrons. The van der Waals surface area contributed by atoms with Gasteiger partial charge in [-0.1, -0.05) is 6.92 Å². The molecular formula is C13H24N4. The zero-order valence-electron chi connectivity index (χ0n) is 11.4. The third-order valence-corrected chi connectivity index (χ3v) is 3.83. The third-order valence-electron chi connectivity index (χ3n) is 3.83. The summed E-state index contributed by atoms with van der Waals surface area (Å²) >= 11 is 0. The molecule has 1 N–H and O–H groups in total. The van der Waals surface area contributed by atoms with Crippen molar-refractivity contribution in [1.29, 1.82) is 0 Å². The first-order valence-corrected chi connectivity index (χ1v) is 6.54. The molecule has 2 rings (SSSR count). The van der Waals surface area contributed by atoms with Gasteiger partial charge in [0.15, 0.2) is 0 Å². The minimum atomic E-state index is 0.533. The molecule has 0 saturated carbocycles. The van der Waals surface area contributed by atoms with Crippen molar-refractivity contribution >= 4 is 0 Å². The Hall–Kier alpha value is -0.870. The lowest BCUT2D eigenvalue weighted by Crippen LogP contribution is -2.27. The summed E-state index contributed by atoms with van der Waals surface area (Å²) in [6.07, 6.45) is 4.50. The second-order valence-corrected chi connectivity index (χ2v) is 5.09. The zero-order valence-corrected chi connectivity index (χ0v) is 11.4. The molecular weight excluding hydrogens is 212 g/mol. The third kappa shape index (κ3) is 2.38. The van der Waals surface area contributed by atoms with Gasteiger partial charge in [0.05, 0.1) is 5.69 Å². The molecule has 1 aromatic rings. The Morgan fingerprint density at radius 1 is 1.47 bits per heavy atom. The number of hydrogen-bond donors (Lipinski definition) is 1. The van der Waals surface area contributed by atoms with E-state index < -0.39 is 0 Å².